The van der Waals surface area contributed by atoms with Crippen molar-refractivity contribution < 1.29 is 14.4 Å². The lowest BCUT2D eigenvalue weighted by molar-refractivity contribution is -0.130. The van der Waals surface area contributed by atoms with Crippen molar-refractivity contribution in [2.45, 2.75) is 18.9 Å². The van der Waals surface area contributed by atoms with E-state index in [2.05, 4.69) is 10.6 Å². The number of urea groups is 1. The van der Waals surface area contributed by atoms with E-state index in [-0.39, 0.29) is 17.9 Å². The lowest BCUT2D eigenvalue weighted by Crippen LogP contribution is -2.47. The van der Waals surface area contributed by atoms with Gasteiger partial charge in [0.2, 0.25) is 11.8 Å². The second-order valence-corrected chi connectivity index (χ2v) is 6.57. The maximum absolute atomic E-state index is 12.6. The zero-order valence-electron chi connectivity index (χ0n) is 13.5. The lowest BCUT2D eigenvalue weighted by Gasteiger charge is -2.23. The summed E-state index contributed by atoms with van der Waals surface area (Å²) in [7, 11) is 0. The van der Waals surface area contributed by atoms with Crippen LogP contribution in [0.5, 0.6) is 0 Å². The highest BCUT2D eigenvalue weighted by Crippen LogP contribution is 2.27. The van der Waals surface area contributed by atoms with Gasteiger partial charge in [0.1, 0.15) is 6.04 Å². The van der Waals surface area contributed by atoms with Gasteiger partial charge in [0.25, 0.3) is 0 Å². The van der Waals surface area contributed by atoms with Crippen molar-refractivity contribution in [2.75, 3.05) is 10.6 Å². The van der Waals surface area contributed by atoms with Gasteiger partial charge in [-0.1, -0.05) is 41.4 Å². The molecule has 0 aromatic heterocycles. The molecule has 0 bridgehead atoms. The van der Waals surface area contributed by atoms with E-state index in [9.17, 15) is 14.4 Å². The van der Waals surface area contributed by atoms with Crippen molar-refractivity contribution in [3.63, 3.8) is 0 Å². The van der Waals surface area contributed by atoms with Crippen LogP contribution in [-0.4, -0.2) is 28.8 Å². The maximum Gasteiger partial charge on any atom is 0.329 e. The Kier molecular flexibility index (Phi) is 5.44. The molecule has 1 heterocycles. The Hall–Kier alpha value is -2.57. The fourth-order valence-corrected chi connectivity index (χ4v) is 3.15. The second kappa shape index (κ2) is 7.76. The first-order valence-corrected chi connectivity index (χ1v) is 8.65. The van der Waals surface area contributed by atoms with Crippen LogP contribution in [0.4, 0.5) is 16.2 Å². The molecule has 0 radical (unpaired) electrons. The van der Waals surface area contributed by atoms with Crippen LogP contribution >= 0.6 is 23.2 Å². The number of para-hydroxylation sites is 1. The van der Waals surface area contributed by atoms with Crippen LogP contribution in [0.3, 0.4) is 0 Å². The minimum atomic E-state index is -0.905. The summed E-state index contributed by atoms with van der Waals surface area (Å²) in [5, 5.41) is 5.98. The minimum Gasteiger partial charge on any atom is -0.323 e. The first-order chi connectivity index (χ1) is 12.5. The molecule has 0 saturated carbocycles. The van der Waals surface area contributed by atoms with E-state index in [0.29, 0.717) is 16.4 Å². The average Bonchev–Trinajstić information content (AvgIpc) is 3.00. The van der Waals surface area contributed by atoms with E-state index < -0.39 is 23.9 Å². The van der Waals surface area contributed by atoms with Gasteiger partial charge in [-0.2, -0.15) is 0 Å². The van der Waals surface area contributed by atoms with Crippen molar-refractivity contribution in [3.8, 4) is 0 Å². The van der Waals surface area contributed by atoms with Crippen molar-refractivity contribution in [2.24, 2.45) is 0 Å². The molecule has 2 aromatic rings. The summed E-state index contributed by atoms with van der Waals surface area (Å²) >= 11 is 11.9. The third-order valence-electron chi connectivity index (χ3n) is 3.95. The van der Waals surface area contributed by atoms with Crippen molar-refractivity contribution in [1.29, 1.82) is 0 Å². The lowest BCUT2D eigenvalue weighted by atomic mass is 10.2. The van der Waals surface area contributed by atoms with Gasteiger partial charge in [0.05, 0.1) is 10.7 Å². The van der Waals surface area contributed by atoms with Crippen LogP contribution in [0.2, 0.25) is 10.0 Å². The zero-order valence-corrected chi connectivity index (χ0v) is 15.1. The molecule has 0 spiro atoms. The quantitative estimate of drug-likeness (QED) is 0.824. The molecule has 1 aliphatic rings. The molecule has 6 nitrogen and oxygen atoms in total. The fourth-order valence-electron chi connectivity index (χ4n) is 2.70. The van der Waals surface area contributed by atoms with Gasteiger partial charge in [-0.25, -0.2) is 4.79 Å². The molecule has 2 N–H and O–H groups in total. The Morgan fingerprint density at radius 2 is 1.77 bits per heavy atom. The monoisotopic (exact) mass is 391 g/mol. The molecule has 0 unspecified atom stereocenters. The first kappa shape index (κ1) is 18.2. The van der Waals surface area contributed by atoms with Crippen LogP contribution in [0.15, 0.2) is 48.5 Å². The zero-order chi connectivity index (χ0) is 18.7. The highest BCUT2D eigenvalue weighted by molar-refractivity contribution is 6.36. The molecule has 1 saturated heterocycles. The van der Waals surface area contributed by atoms with E-state index in [4.69, 9.17) is 23.2 Å². The average molecular weight is 392 g/mol. The predicted molar refractivity (Wildman–Crippen MR) is 100 cm³/mol. The van der Waals surface area contributed by atoms with Gasteiger partial charge < -0.3 is 10.6 Å². The number of carbonyl (C=O) groups is 3. The number of nitrogens with zero attached hydrogens (tertiary/aromatic N) is 1. The normalized spacial score (nSPS) is 16.5. The smallest absolute Gasteiger partial charge is 0.323 e. The molecular formula is C18H15Cl2N3O3. The van der Waals surface area contributed by atoms with Gasteiger partial charge in [0.15, 0.2) is 0 Å². The number of rotatable bonds is 3. The first-order valence-electron chi connectivity index (χ1n) is 7.89. The van der Waals surface area contributed by atoms with E-state index in [0.717, 1.165) is 4.90 Å². The minimum absolute atomic E-state index is 0.120. The molecule has 0 aliphatic carbocycles. The summed E-state index contributed by atoms with van der Waals surface area (Å²) in [6.07, 6.45) is 0.368. The van der Waals surface area contributed by atoms with Crippen molar-refractivity contribution in [3.05, 3.63) is 58.6 Å². The Labute approximate surface area is 160 Å². The van der Waals surface area contributed by atoms with Gasteiger partial charge in [-0.15, -0.1) is 0 Å². The SMILES string of the molecule is O=C(Nc1ccc(Cl)cc1Cl)[C@@H]1CCC(=O)N1C(=O)Nc1ccccc1. The molecule has 2 aromatic carbocycles. The fraction of sp³-hybridized carbons (Fsp3) is 0.167. The number of anilines is 2. The largest absolute Gasteiger partial charge is 0.329 e. The molecule has 26 heavy (non-hydrogen) atoms. The van der Waals surface area contributed by atoms with Gasteiger partial charge in [-0.3, -0.25) is 14.5 Å². The summed E-state index contributed by atoms with van der Waals surface area (Å²) in [5.41, 5.74) is 0.904. The summed E-state index contributed by atoms with van der Waals surface area (Å²) in [6.45, 7) is 0. The van der Waals surface area contributed by atoms with Crippen LogP contribution in [0, 0.1) is 0 Å². The van der Waals surface area contributed by atoms with Gasteiger partial charge in [-0.05, 0) is 36.8 Å². The number of carbonyl (C=O) groups excluding carboxylic acids is 3. The number of likely N-dealkylation sites (tertiary alicyclic amines) is 1. The number of hydrogen-bond donors (Lipinski definition) is 2. The molecule has 8 heteroatoms. The third-order valence-corrected chi connectivity index (χ3v) is 4.50. The highest BCUT2D eigenvalue weighted by Gasteiger charge is 2.40. The third kappa shape index (κ3) is 3.98. The predicted octanol–water partition coefficient (Wildman–Crippen LogP) is 4.16. The van der Waals surface area contributed by atoms with Crippen LogP contribution < -0.4 is 10.6 Å². The summed E-state index contributed by atoms with van der Waals surface area (Å²) in [6, 6.07) is 11.8. The second-order valence-electron chi connectivity index (χ2n) is 5.73. The standard InChI is InChI=1S/C18H15Cl2N3O3/c19-11-6-7-14(13(20)10-11)22-17(25)15-8-9-16(24)23(15)18(26)21-12-4-2-1-3-5-12/h1-7,10,15H,8-9H2,(H,21,26)(H,22,25)/t15-/m0/s1. The summed E-state index contributed by atoms with van der Waals surface area (Å²) in [5.74, 6) is -0.885. The molecule has 1 atom stereocenters. The number of amides is 4. The number of halogens is 2. The topological polar surface area (TPSA) is 78.5 Å². The maximum atomic E-state index is 12.6. The van der Waals surface area contributed by atoms with Crippen molar-refractivity contribution in [1.82, 2.24) is 4.90 Å². The van der Waals surface area contributed by atoms with E-state index in [1.54, 1.807) is 36.4 Å². The molecule has 134 valence electrons. The molecule has 3 rings (SSSR count). The highest BCUT2D eigenvalue weighted by atomic mass is 35.5. The molecule has 4 amide bonds. The Bertz CT molecular complexity index is 858. The number of nitrogens with one attached hydrogen (secondary N) is 2. The Balaban J connectivity index is 1.74. The van der Waals surface area contributed by atoms with E-state index in [1.807, 2.05) is 6.07 Å². The van der Waals surface area contributed by atoms with Crippen LogP contribution in [0.1, 0.15) is 12.8 Å². The molecule has 1 fully saturated rings. The number of hydrogen-bond acceptors (Lipinski definition) is 3. The van der Waals surface area contributed by atoms with Gasteiger partial charge >= 0.3 is 6.03 Å². The van der Waals surface area contributed by atoms with Gasteiger partial charge in [0, 0.05) is 17.1 Å². The van der Waals surface area contributed by atoms with Crippen LogP contribution in [-0.2, 0) is 9.59 Å². The number of imide groups is 1. The summed E-state index contributed by atoms with van der Waals surface area (Å²) in [4.78, 5) is 38.1. The Morgan fingerprint density at radius 3 is 2.46 bits per heavy atom. The van der Waals surface area contributed by atoms with E-state index in [1.165, 1.54) is 6.07 Å². The molecule has 1 aliphatic heterocycles. The van der Waals surface area contributed by atoms with E-state index >= 15 is 0 Å². The summed E-state index contributed by atoms with van der Waals surface area (Å²) < 4.78 is 0. The Morgan fingerprint density at radius 1 is 1.04 bits per heavy atom. The van der Waals surface area contributed by atoms with Crippen LogP contribution in [0.25, 0.3) is 0 Å². The molecular weight excluding hydrogens is 377 g/mol. The number of benzene rings is 2. The van der Waals surface area contributed by atoms with Crippen molar-refractivity contribution >= 4 is 52.4 Å².